The number of carbonyl (C=O) groups excluding carboxylic acids is 1. The highest BCUT2D eigenvalue weighted by Gasteiger charge is 2.01. The molecular weight excluding hydrogens is 228 g/mol. The van der Waals surface area contributed by atoms with Crippen LogP contribution in [0, 0.1) is 0 Å². The lowest BCUT2D eigenvalue weighted by Crippen LogP contribution is -2.05. The summed E-state index contributed by atoms with van der Waals surface area (Å²) < 4.78 is 4.33. The maximum absolute atomic E-state index is 10.1. The van der Waals surface area contributed by atoms with Crippen LogP contribution in [0.1, 0.15) is 0 Å². The van der Waals surface area contributed by atoms with Crippen molar-refractivity contribution in [2.75, 3.05) is 13.2 Å². The first kappa shape index (κ1) is 16.2. The third-order valence-electron chi connectivity index (χ3n) is 0.687. The number of esters is 1. The molecule has 0 aromatic rings. The minimum Gasteiger partial charge on any atom is -0.460 e. The highest BCUT2D eigenvalue weighted by atomic mass is 17.2. The lowest BCUT2D eigenvalue weighted by molar-refractivity contribution is -0.208. The molecule has 0 saturated carbocycles. The summed E-state index contributed by atoms with van der Waals surface area (Å²) >= 11 is 0. The topological polar surface area (TPSA) is 140 Å². The summed E-state index contributed by atoms with van der Waals surface area (Å²) in [5.74, 6) is -0.501. The van der Waals surface area contributed by atoms with Gasteiger partial charge in [-0.1, -0.05) is 6.58 Å². The summed E-state index contributed by atoms with van der Waals surface area (Å²) in [6, 6.07) is 0. The highest BCUT2D eigenvalue weighted by Crippen LogP contribution is 1.78. The largest absolute Gasteiger partial charge is 0.547 e. The zero-order chi connectivity index (χ0) is 13.0. The summed E-state index contributed by atoms with van der Waals surface area (Å²) in [5.41, 5.74) is 0. The lowest BCUT2D eigenvalue weighted by Gasteiger charge is -1.94. The van der Waals surface area contributed by atoms with Gasteiger partial charge < -0.3 is 20.1 Å². The number of aliphatic hydroxyl groups excluding tert-OH is 1. The average molecular weight is 238 g/mol. The minimum atomic E-state index is -1.80. The van der Waals surface area contributed by atoms with Gasteiger partial charge in [-0.2, -0.15) is 0 Å². The molecule has 0 radical (unpaired) electrons. The summed E-state index contributed by atoms with van der Waals surface area (Å²) in [4.78, 5) is 34.9. The fourth-order valence-corrected chi connectivity index (χ4v) is 0.276. The predicted molar refractivity (Wildman–Crippen MR) is 46.5 cm³/mol. The van der Waals surface area contributed by atoms with Crippen LogP contribution in [0.5, 0.6) is 0 Å². The molecule has 0 aromatic heterocycles. The minimum absolute atomic E-state index is 0.0465. The molecule has 0 spiro atoms. The number of ether oxygens (including phenoxy) is 1. The summed E-state index contributed by atoms with van der Waals surface area (Å²) in [5, 5.41) is 23.2. The number of aliphatic hydroxyl groups is 1. The van der Waals surface area contributed by atoms with E-state index >= 15 is 0 Å². The molecule has 0 bridgehead atoms. The zero-order valence-corrected chi connectivity index (χ0v) is 7.99. The van der Waals surface area contributed by atoms with Crippen LogP contribution in [-0.2, 0) is 19.3 Å². The first-order valence-electron chi connectivity index (χ1n) is 3.64. The maximum atomic E-state index is 10.1. The van der Waals surface area contributed by atoms with E-state index in [2.05, 4.69) is 21.1 Å². The van der Waals surface area contributed by atoms with Crippen molar-refractivity contribution in [1.29, 1.82) is 0 Å². The molecule has 16 heavy (non-hydrogen) atoms. The molecule has 0 rings (SSSR count). The number of hydrogen-bond acceptors (Lipinski definition) is 7. The molecule has 0 heterocycles. The van der Waals surface area contributed by atoms with Gasteiger partial charge in [-0.3, -0.25) is 0 Å². The van der Waals surface area contributed by atoms with Gasteiger partial charge in [0.2, 0.25) is 0 Å². The van der Waals surface area contributed by atoms with Gasteiger partial charge in [-0.25, -0.2) is 24.2 Å². The van der Waals surface area contributed by atoms with Gasteiger partial charge in [0.1, 0.15) is 6.61 Å². The molecule has 0 atom stereocenters. The molecule has 92 valence electrons. The molecular formula is C7H10O9. The third-order valence-corrected chi connectivity index (χ3v) is 0.687. The molecule has 0 aliphatic rings. The molecule has 0 saturated heterocycles. The number of carbonyl (C=O) groups is 3. The molecule has 9 heteroatoms. The molecule has 9 nitrogen and oxygen atoms in total. The Kier molecular flexibility index (Phi) is 10.9. The van der Waals surface area contributed by atoms with Gasteiger partial charge in [-0.05, 0) is 0 Å². The Morgan fingerprint density at radius 2 is 1.56 bits per heavy atom. The number of hydrogen-bond donors (Lipinski definition) is 3. The van der Waals surface area contributed by atoms with Crippen LogP contribution in [0.4, 0.5) is 9.59 Å². The Labute approximate surface area is 89.4 Å². The van der Waals surface area contributed by atoms with E-state index < -0.39 is 18.3 Å². The molecule has 0 aromatic carbocycles. The lowest BCUT2D eigenvalue weighted by atomic mass is 10.6. The third kappa shape index (κ3) is 17.7. The fourth-order valence-electron chi connectivity index (χ4n) is 0.276. The van der Waals surface area contributed by atoms with E-state index in [0.29, 0.717) is 0 Å². The normalized spacial score (nSPS) is 7.81. The quantitative estimate of drug-likeness (QED) is 0.268. The Morgan fingerprint density at radius 1 is 1.12 bits per heavy atom. The van der Waals surface area contributed by atoms with Crippen molar-refractivity contribution >= 4 is 18.3 Å². The maximum Gasteiger partial charge on any atom is 0.547 e. The molecule has 0 aliphatic carbocycles. The van der Waals surface area contributed by atoms with Crippen LogP contribution in [0.15, 0.2) is 12.7 Å². The van der Waals surface area contributed by atoms with Crippen molar-refractivity contribution in [1.82, 2.24) is 0 Å². The van der Waals surface area contributed by atoms with Crippen molar-refractivity contribution in [2.45, 2.75) is 0 Å². The van der Waals surface area contributed by atoms with Gasteiger partial charge in [-0.15, -0.1) is 0 Å². The van der Waals surface area contributed by atoms with E-state index in [9.17, 15) is 14.4 Å². The molecule has 0 aliphatic heterocycles. The zero-order valence-electron chi connectivity index (χ0n) is 7.99. The Balaban J connectivity index is 0. The second kappa shape index (κ2) is 10.8. The Bertz CT molecular complexity index is 232. The van der Waals surface area contributed by atoms with E-state index in [4.69, 9.17) is 15.3 Å². The summed E-state index contributed by atoms with van der Waals surface area (Å²) in [7, 11) is 0. The standard InChI is InChI=1S/C5H8O3.C2H2O6/c1-2-5(7)8-4-3-6;3-1(4)7-8-2(5)6/h2,6H,1,3-4H2;(H,3,4)(H,5,6). The van der Waals surface area contributed by atoms with Crippen molar-refractivity contribution in [3.8, 4) is 0 Å². The van der Waals surface area contributed by atoms with Crippen molar-refractivity contribution in [3.05, 3.63) is 12.7 Å². The van der Waals surface area contributed by atoms with Crippen LogP contribution < -0.4 is 0 Å². The van der Waals surface area contributed by atoms with Gasteiger partial charge in [0.15, 0.2) is 0 Å². The van der Waals surface area contributed by atoms with Crippen LogP contribution in [0.2, 0.25) is 0 Å². The first-order chi connectivity index (χ1) is 7.43. The van der Waals surface area contributed by atoms with Crippen molar-refractivity contribution in [3.63, 3.8) is 0 Å². The Hall–Kier alpha value is -2.29. The monoisotopic (exact) mass is 238 g/mol. The predicted octanol–water partition coefficient (Wildman–Crippen LogP) is -0.00150. The molecule has 0 amide bonds. The van der Waals surface area contributed by atoms with Crippen molar-refractivity contribution in [2.24, 2.45) is 0 Å². The number of carboxylic acid groups (broad SMARTS) is 2. The van der Waals surface area contributed by atoms with Gasteiger partial charge >= 0.3 is 18.3 Å². The smallest absolute Gasteiger partial charge is 0.460 e. The van der Waals surface area contributed by atoms with Crippen molar-refractivity contribution < 1.29 is 44.2 Å². The average Bonchev–Trinajstić information content (AvgIpc) is 2.23. The number of rotatable bonds is 3. The van der Waals surface area contributed by atoms with Gasteiger partial charge in [0, 0.05) is 6.08 Å². The van der Waals surface area contributed by atoms with E-state index in [0.717, 1.165) is 6.08 Å². The molecule has 3 N–H and O–H groups in total. The first-order valence-corrected chi connectivity index (χ1v) is 3.64. The highest BCUT2D eigenvalue weighted by molar-refractivity contribution is 5.81. The SMILES string of the molecule is C=CC(=O)OCCO.O=C(O)OOC(=O)O. The van der Waals surface area contributed by atoms with Crippen LogP contribution in [0.25, 0.3) is 0 Å². The van der Waals surface area contributed by atoms with E-state index in [1.54, 1.807) is 0 Å². The van der Waals surface area contributed by atoms with E-state index in [-0.39, 0.29) is 13.2 Å². The summed E-state index contributed by atoms with van der Waals surface area (Å²) in [6.07, 6.45) is -2.55. The second-order valence-corrected chi connectivity index (χ2v) is 1.79. The fraction of sp³-hybridized carbons (Fsp3) is 0.286. The van der Waals surface area contributed by atoms with Crippen LogP contribution in [0.3, 0.4) is 0 Å². The van der Waals surface area contributed by atoms with Gasteiger partial charge in [0.05, 0.1) is 6.61 Å². The van der Waals surface area contributed by atoms with E-state index in [1.165, 1.54) is 0 Å². The van der Waals surface area contributed by atoms with E-state index in [1.807, 2.05) is 0 Å². The van der Waals surface area contributed by atoms with Crippen LogP contribution >= 0.6 is 0 Å². The Morgan fingerprint density at radius 3 is 1.81 bits per heavy atom. The van der Waals surface area contributed by atoms with Gasteiger partial charge in [0.25, 0.3) is 0 Å². The molecule has 0 fully saturated rings. The molecule has 0 unspecified atom stereocenters. The summed E-state index contributed by atoms with van der Waals surface area (Å²) in [6.45, 7) is 3.06. The second-order valence-electron chi connectivity index (χ2n) is 1.79. The van der Waals surface area contributed by atoms with Crippen LogP contribution in [-0.4, -0.2) is 46.8 Å².